The van der Waals surface area contributed by atoms with Gasteiger partial charge >= 0.3 is 12.1 Å². The van der Waals surface area contributed by atoms with Gasteiger partial charge < -0.3 is 20.5 Å². The molecule has 4 rings (SSSR count). The number of halogens is 1. The molecule has 162 valence electrons. The van der Waals surface area contributed by atoms with Gasteiger partial charge in [0.25, 0.3) is 0 Å². The lowest BCUT2D eigenvalue weighted by atomic mass is 9.98. The van der Waals surface area contributed by atoms with Crippen molar-refractivity contribution in [1.29, 1.82) is 0 Å². The van der Waals surface area contributed by atoms with Crippen LogP contribution in [0.2, 0.25) is 0 Å². The summed E-state index contributed by atoms with van der Waals surface area (Å²) in [7, 11) is 0. The molecule has 7 nitrogen and oxygen atoms in total. The van der Waals surface area contributed by atoms with Gasteiger partial charge in [0.05, 0.1) is 11.3 Å². The molecular formula is C24H19BrN2O5. The van der Waals surface area contributed by atoms with E-state index in [-0.39, 0.29) is 30.3 Å². The number of rotatable bonds is 6. The van der Waals surface area contributed by atoms with Gasteiger partial charge in [-0.05, 0) is 50.3 Å². The summed E-state index contributed by atoms with van der Waals surface area (Å²) >= 11 is 3.22. The van der Waals surface area contributed by atoms with Gasteiger partial charge in [-0.2, -0.15) is 0 Å². The second kappa shape index (κ2) is 9.23. The molecular weight excluding hydrogens is 476 g/mol. The monoisotopic (exact) mass is 494 g/mol. The fraction of sp³-hybridized carbons (Fsp3) is 0.125. The summed E-state index contributed by atoms with van der Waals surface area (Å²) in [5.74, 6) is -1.83. The minimum absolute atomic E-state index is 0.0612. The number of carboxylic acids is 1. The van der Waals surface area contributed by atoms with Crippen molar-refractivity contribution in [2.45, 2.75) is 5.92 Å². The number of nitrogens with one attached hydrogen (secondary N) is 2. The van der Waals surface area contributed by atoms with Gasteiger partial charge in [-0.25, -0.2) is 9.59 Å². The summed E-state index contributed by atoms with van der Waals surface area (Å²) in [5, 5.41) is 14.2. The number of carbonyl (C=O) groups excluding carboxylic acids is 2. The van der Waals surface area contributed by atoms with Crippen LogP contribution in [-0.2, 0) is 9.53 Å². The van der Waals surface area contributed by atoms with Crippen molar-refractivity contribution in [3.05, 3.63) is 87.9 Å². The van der Waals surface area contributed by atoms with Crippen LogP contribution >= 0.6 is 15.9 Å². The molecule has 32 heavy (non-hydrogen) atoms. The van der Waals surface area contributed by atoms with Gasteiger partial charge in [-0.3, -0.25) is 4.79 Å². The largest absolute Gasteiger partial charge is 0.478 e. The second-order valence-corrected chi connectivity index (χ2v) is 8.05. The molecule has 0 fully saturated rings. The lowest BCUT2D eigenvalue weighted by molar-refractivity contribution is -0.115. The average Bonchev–Trinajstić information content (AvgIpc) is 3.11. The highest BCUT2D eigenvalue weighted by atomic mass is 79.9. The number of carbonyl (C=O) groups is 3. The molecule has 3 aromatic rings. The summed E-state index contributed by atoms with van der Waals surface area (Å²) in [4.78, 5) is 35.8. The number of fused-ring (bicyclic) bond motifs is 3. The van der Waals surface area contributed by atoms with E-state index in [1.165, 1.54) is 6.07 Å². The lowest BCUT2D eigenvalue weighted by Gasteiger charge is -2.15. The normalized spacial score (nSPS) is 11.9. The molecule has 3 aromatic carbocycles. The molecule has 1 aliphatic carbocycles. The minimum Gasteiger partial charge on any atom is -0.478 e. The van der Waals surface area contributed by atoms with Crippen LogP contribution in [-0.4, -0.2) is 36.2 Å². The Morgan fingerprint density at radius 3 is 2.16 bits per heavy atom. The van der Waals surface area contributed by atoms with Gasteiger partial charge in [0.1, 0.15) is 13.2 Å². The van der Waals surface area contributed by atoms with Gasteiger partial charge in [0.15, 0.2) is 0 Å². The van der Waals surface area contributed by atoms with Crippen LogP contribution in [0.4, 0.5) is 10.5 Å². The third-order valence-electron chi connectivity index (χ3n) is 5.25. The number of ether oxygens (including phenoxy) is 1. The smallest absolute Gasteiger partial charge is 0.407 e. The number of anilines is 1. The Hall–Kier alpha value is -3.65. The minimum atomic E-state index is -1.17. The summed E-state index contributed by atoms with van der Waals surface area (Å²) in [6.07, 6.45) is -0.729. The highest BCUT2D eigenvalue weighted by Crippen LogP contribution is 2.44. The number of hydrogen-bond acceptors (Lipinski definition) is 4. The summed E-state index contributed by atoms with van der Waals surface area (Å²) < 4.78 is 5.82. The quantitative estimate of drug-likeness (QED) is 0.463. The number of amides is 2. The molecule has 0 bridgehead atoms. The molecule has 3 N–H and O–H groups in total. The van der Waals surface area contributed by atoms with E-state index in [2.05, 4.69) is 26.6 Å². The zero-order valence-corrected chi connectivity index (χ0v) is 18.4. The second-order valence-electron chi connectivity index (χ2n) is 7.19. The van der Waals surface area contributed by atoms with E-state index >= 15 is 0 Å². The standard InChI is InChI=1S/C24H19BrN2O5/c25-20-11-5-10-18(23(29)30)22(20)27-21(28)12-26-24(31)32-13-19-16-8-3-1-6-14(16)15-7-2-4-9-17(15)19/h1-11,19H,12-13H2,(H,26,31)(H,27,28)(H,29,30). The zero-order valence-electron chi connectivity index (χ0n) is 16.8. The molecule has 0 aliphatic heterocycles. The highest BCUT2D eigenvalue weighted by Gasteiger charge is 2.29. The highest BCUT2D eigenvalue weighted by molar-refractivity contribution is 9.10. The van der Waals surface area contributed by atoms with Gasteiger partial charge in [-0.1, -0.05) is 54.6 Å². The molecule has 0 unspecified atom stereocenters. The molecule has 0 saturated heterocycles. The maximum Gasteiger partial charge on any atom is 0.407 e. The number of para-hydroxylation sites is 1. The van der Waals surface area contributed by atoms with Crippen molar-refractivity contribution in [1.82, 2.24) is 5.32 Å². The Morgan fingerprint density at radius 1 is 0.906 bits per heavy atom. The van der Waals surface area contributed by atoms with E-state index < -0.39 is 18.0 Å². The Balaban J connectivity index is 1.35. The Kier molecular flexibility index (Phi) is 6.23. The van der Waals surface area contributed by atoms with Crippen LogP contribution in [0.3, 0.4) is 0 Å². The van der Waals surface area contributed by atoms with E-state index in [4.69, 9.17) is 4.74 Å². The van der Waals surface area contributed by atoms with Crippen molar-refractivity contribution in [2.75, 3.05) is 18.5 Å². The van der Waals surface area contributed by atoms with Crippen LogP contribution in [0.5, 0.6) is 0 Å². The van der Waals surface area contributed by atoms with Crippen LogP contribution in [0.25, 0.3) is 11.1 Å². The van der Waals surface area contributed by atoms with Gasteiger partial charge in [0, 0.05) is 10.4 Å². The molecule has 2 amide bonds. The molecule has 0 radical (unpaired) electrons. The molecule has 8 heteroatoms. The van der Waals surface area contributed by atoms with Crippen molar-refractivity contribution >= 4 is 39.6 Å². The van der Waals surface area contributed by atoms with E-state index in [1.807, 2.05) is 48.5 Å². The molecule has 0 atom stereocenters. The fourth-order valence-electron chi connectivity index (χ4n) is 3.81. The summed E-state index contributed by atoms with van der Waals surface area (Å²) in [6, 6.07) is 20.5. The van der Waals surface area contributed by atoms with Crippen LogP contribution in [0.1, 0.15) is 27.4 Å². The third-order valence-corrected chi connectivity index (χ3v) is 5.91. The van der Waals surface area contributed by atoms with E-state index in [0.29, 0.717) is 4.47 Å². The Morgan fingerprint density at radius 2 is 1.53 bits per heavy atom. The number of aromatic carboxylic acids is 1. The SMILES string of the molecule is O=C(CNC(=O)OCC1c2ccccc2-c2ccccc21)Nc1c(Br)cccc1C(=O)O. The first kappa shape index (κ1) is 21.6. The number of alkyl carbamates (subject to hydrolysis) is 1. The van der Waals surface area contributed by atoms with Gasteiger partial charge in [-0.15, -0.1) is 0 Å². The fourth-order valence-corrected chi connectivity index (χ4v) is 4.28. The number of hydrogen-bond donors (Lipinski definition) is 3. The van der Waals surface area contributed by atoms with Crippen molar-refractivity contribution < 1.29 is 24.2 Å². The maximum absolute atomic E-state index is 12.2. The van der Waals surface area contributed by atoms with Crippen molar-refractivity contribution in [3.63, 3.8) is 0 Å². The summed E-state index contributed by atoms with van der Waals surface area (Å²) in [5.41, 5.74) is 4.50. The van der Waals surface area contributed by atoms with Crippen LogP contribution in [0.15, 0.2) is 71.2 Å². The third kappa shape index (κ3) is 4.36. The van der Waals surface area contributed by atoms with Crippen molar-refractivity contribution in [2.24, 2.45) is 0 Å². The molecule has 1 aliphatic rings. The maximum atomic E-state index is 12.2. The predicted molar refractivity (Wildman–Crippen MR) is 123 cm³/mol. The lowest BCUT2D eigenvalue weighted by Crippen LogP contribution is -2.34. The Bertz CT molecular complexity index is 1160. The van der Waals surface area contributed by atoms with Crippen LogP contribution in [0, 0.1) is 0 Å². The van der Waals surface area contributed by atoms with E-state index in [0.717, 1.165) is 22.3 Å². The molecule has 0 saturated carbocycles. The Labute approximate surface area is 192 Å². The first-order chi connectivity index (χ1) is 15.5. The van der Waals surface area contributed by atoms with E-state index in [9.17, 15) is 19.5 Å². The zero-order chi connectivity index (χ0) is 22.7. The van der Waals surface area contributed by atoms with Crippen LogP contribution < -0.4 is 10.6 Å². The molecule has 0 aromatic heterocycles. The topological polar surface area (TPSA) is 105 Å². The first-order valence-corrected chi connectivity index (χ1v) is 10.7. The summed E-state index contributed by atoms with van der Waals surface area (Å²) in [6.45, 7) is -0.230. The number of benzene rings is 3. The molecule has 0 spiro atoms. The van der Waals surface area contributed by atoms with Crippen molar-refractivity contribution in [3.8, 4) is 11.1 Å². The van der Waals surface area contributed by atoms with E-state index in [1.54, 1.807) is 12.1 Å². The first-order valence-electron chi connectivity index (χ1n) is 9.86. The average molecular weight is 495 g/mol. The number of carboxylic acid groups (broad SMARTS) is 1. The van der Waals surface area contributed by atoms with Gasteiger partial charge in [0.2, 0.25) is 5.91 Å². The predicted octanol–water partition coefficient (Wildman–Crippen LogP) is 4.62. The molecule has 0 heterocycles.